The molecular formula is C29H21N3O8S. The van der Waals surface area contributed by atoms with Gasteiger partial charge in [0.05, 0.1) is 33.0 Å². The first-order valence-electron chi connectivity index (χ1n) is 12.2. The van der Waals surface area contributed by atoms with Gasteiger partial charge in [-0.15, -0.1) is 0 Å². The van der Waals surface area contributed by atoms with Gasteiger partial charge in [0.25, 0.3) is 11.2 Å². The SMILES string of the molecule is C=CCOC(=O)C1=C(C)N=c2sc(=Cc3ccc([N+](=O)[O-])cc3)c(=O)n2C1c1ccc(OC(=O)c2ccco2)cc1. The molecule has 11 nitrogen and oxygen atoms in total. The van der Waals surface area contributed by atoms with E-state index in [1.807, 2.05) is 0 Å². The van der Waals surface area contributed by atoms with Gasteiger partial charge in [-0.1, -0.05) is 36.1 Å². The van der Waals surface area contributed by atoms with Crippen LogP contribution in [0.1, 0.15) is 34.6 Å². The second-order valence-electron chi connectivity index (χ2n) is 8.75. The molecule has 3 heterocycles. The van der Waals surface area contributed by atoms with Crippen LogP contribution < -0.4 is 19.6 Å². The molecule has 12 heteroatoms. The average molecular weight is 572 g/mol. The second kappa shape index (κ2) is 11.4. The average Bonchev–Trinajstić information content (AvgIpc) is 3.60. The molecule has 0 fully saturated rings. The van der Waals surface area contributed by atoms with Crippen molar-refractivity contribution in [3.05, 3.63) is 138 Å². The fourth-order valence-corrected chi connectivity index (χ4v) is 5.27. The van der Waals surface area contributed by atoms with E-state index in [4.69, 9.17) is 13.9 Å². The maximum Gasteiger partial charge on any atom is 0.379 e. The van der Waals surface area contributed by atoms with Crippen molar-refractivity contribution >= 4 is 35.0 Å². The largest absolute Gasteiger partial charge is 0.458 e. The molecule has 41 heavy (non-hydrogen) atoms. The summed E-state index contributed by atoms with van der Waals surface area (Å²) in [7, 11) is 0. The predicted octanol–water partition coefficient (Wildman–Crippen LogP) is 3.68. The minimum Gasteiger partial charge on any atom is -0.458 e. The molecule has 4 aromatic rings. The lowest BCUT2D eigenvalue weighted by molar-refractivity contribution is -0.384. The zero-order valence-electron chi connectivity index (χ0n) is 21.5. The van der Waals surface area contributed by atoms with E-state index < -0.39 is 28.5 Å². The molecule has 0 saturated carbocycles. The molecule has 0 aliphatic carbocycles. The maximum atomic E-state index is 13.7. The highest BCUT2D eigenvalue weighted by atomic mass is 32.1. The van der Waals surface area contributed by atoms with Crippen molar-refractivity contribution in [2.45, 2.75) is 13.0 Å². The maximum absolute atomic E-state index is 13.7. The summed E-state index contributed by atoms with van der Waals surface area (Å²) in [5, 5.41) is 11.0. The third-order valence-electron chi connectivity index (χ3n) is 6.10. The van der Waals surface area contributed by atoms with Crippen molar-refractivity contribution in [3.63, 3.8) is 0 Å². The normalized spacial score (nSPS) is 14.7. The number of hydrogen-bond acceptors (Lipinski definition) is 10. The van der Waals surface area contributed by atoms with Crippen LogP contribution in [0.3, 0.4) is 0 Å². The van der Waals surface area contributed by atoms with E-state index in [1.54, 1.807) is 55.5 Å². The van der Waals surface area contributed by atoms with Gasteiger partial charge in [0.1, 0.15) is 12.4 Å². The number of nitro benzene ring substituents is 1. The third-order valence-corrected chi connectivity index (χ3v) is 7.09. The van der Waals surface area contributed by atoms with Crippen LogP contribution in [0.15, 0.2) is 105 Å². The summed E-state index contributed by atoms with van der Waals surface area (Å²) in [6, 6.07) is 14.3. The molecule has 1 atom stereocenters. The number of benzene rings is 2. The fraction of sp³-hybridized carbons (Fsp3) is 0.103. The van der Waals surface area contributed by atoms with Gasteiger partial charge in [0.15, 0.2) is 4.80 Å². The molecule has 1 unspecified atom stereocenters. The molecule has 5 rings (SSSR count). The van der Waals surface area contributed by atoms with Gasteiger partial charge in [-0.05, 0) is 60.5 Å². The summed E-state index contributed by atoms with van der Waals surface area (Å²) in [5.41, 5.74) is 1.20. The van der Waals surface area contributed by atoms with Crippen molar-refractivity contribution in [1.29, 1.82) is 0 Å². The predicted molar refractivity (Wildman–Crippen MR) is 148 cm³/mol. The fourth-order valence-electron chi connectivity index (χ4n) is 4.22. The Morgan fingerprint density at radius 1 is 1.15 bits per heavy atom. The number of aromatic nitrogens is 1. The molecule has 1 aliphatic heterocycles. The first kappa shape index (κ1) is 27.2. The number of fused-ring (bicyclic) bond motifs is 1. The van der Waals surface area contributed by atoms with Gasteiger partial charge in [-0.25, -0.2) is 14.6 Å². The number of carbonyl (C=O) groups is 2. The second-order valence-corrected chi connectivity index (χ2v) is 9.76. The van der Waals surface area contributed by atoms with Crippen LogP contribution in [-0.2, 0) is 9.53 Å². The van der Waals surface area contributed by atoms with E-state index >= 15 is 0 Å². The van der Waals surface area contributed by atoms with Gasteiger partial charge in [0, 0.05) is 12.1 Å². The Hall–Kier alpha value is -5.36. The van der Waals surface area contributed by atoms with E-state index in [1.165, 1.54) is 35.1 Å². The van der Waals surface area contributed by atoms with Crippen molar-refractivity contribution in [3.8, 4) is 5.75 Å². The lowest BCUT2D eigenvalue weighted by atomic mass is 9.96. The summed E-state index contributed by atoms with van der Waals surface area (Å²) in [4.78, 5) is 54.5. The van der Waals surface area contributed by atoms with Crippen LogP contribution in [-0.4, -0.2) is 28.0 Å². The zero-order valence-corrected chi connectivity index (χ0v) is 22.3. The highest BCUT2D eigenvalue weighted by Gasteiger charge is 2.33. The lowest BCUT2D eigenvalue weighted by Gasteiger charge is -2.24. The van der Waals surface area contributed by atoms with Crippen molar-refractivity contribution in [1.82, 2.24) is 4.57 Å². The molecule has 0 saturated heterocycles. The number of hydrogen-bond donors (Lipinski definition) is 0. The summed E-state index contributed by atoms with van der Waals surface area (Å²) in [6.07, 6.45) is 4.40. The summed E-state index contributed by atoms with van der Waals surface area (Å²) >= 11 is 1.12. The van der Waals surface area contributed by atoms with Crippen LogP contribution in [0.25, 0.3) is 6.08 Å². The number of thiazole rings is 1. The molecule has 2 aromatic carbocycles. The molecule has 0 bridgehead atoms. The minimum atomic E-state index is -0.891. The molecular weight excluding hydrogens is 550 g/mol. The minimum absolute atomic E-state index is 0.0332. The third kappa shape index (κ3) is 5.54. The summed E-state index contributed by atoms with van der Waals surface area (Å²) in [5.74, 6) is -1.06. The van der Waals surface area contributed by atoms with E-state index in [9.17, 15) is 24.5 Å². The topological polar surface area (TPSA) is 143 Å². The van der Waals surface area contributed by atoms with Gasteiger partial charge < -0.3 is 13.9 Å². The molecule has 0 radical (unpaired) electrons. The molecule has 2 aromatic heterocycles. The van der Waals surface area contributed by atoms with Crippen LogP contribution in [0.2, 0.25) is 0 Å². The smallest absolute Gasteiger partial charge is 0.379 e. The van der Waals surface area contributed by atoms with Gasteiger partial charge in [-0.3, -0.25) is 19.5 Å². The van der Waals surface area contributed by atoms with Crippen LogP contribution in [0.5, 0.6) is 5.75 Å². The Morgan fingerprint density at radius 2 is 1.88 bits per heavy atom. The molecule has 0 N–H and O–H groups in total. The number of rotatable bonds is 8. The van der Waals surface area contributed by atoms with Crippen LogP contribution in [0.4, 0.5) is 5.69 Å². The Labute approximate surface area is 235 Å². The highest BCUT2D eigenvalue weighted by molar-refractivity contribution is 7.07. The number of furan rings is 1. The summed E-state index contributed by atoms with van der Waals surface area (Å²) < 4.78 is 17.5. The lowest BCUT2D eigenvalue weighted by Crippen LogP contribution is -2.39. The highest BCUT2D eigenvalue weighted by Crippen LogP contribution is 2.32. The number of non-ortho nitro benzene ring substituents is 1. The molecule has 0 amide bonds. The Kier molecular flexibility index (Phi) is 7.57. The molecule has 1 aliphatic rings. The first-order valence-corrected chi connectivity index (χ1v) is 13.0. The van der Waals surface area contributed by atoms with E-state index in [0.717, 1.165) is 11.3 Å². The first-order chi connectivity index (χ1) is 19.8. The zero-order chi connectivity index (χ0) is 29.1. The standard InChI is InChI=1S/C29H21N3O8S/c1-3-14-39-28(35)24-17(2)30-29-31(26(33)23(41-29)16-18-6-10-20(11-7-18)32(36)37)25(24)19-8-12-21(13-9-19)40-27(34)22-5-4-15-38-22/h3-13,15-16,25H,1,14H2,2H3. The number of nitrogens with zero attached hydrogens (tertiary/aromatic N) is 3. The van der Waals surface area contributed by atoms with Gasteiger partial charge >= 0.3 is 11.9 Å². The number of allylic oxidation sites excluding steroid dienone is 1. The van der Waals surface area contributed by atoms with Crippen molar-refractivity contribution in [2.24, 2.45) is 4.99 Å². The van der Waals surface area contributed by atoms with E-state index in [0.29, 0.717) is 26.2 Å². The number of esters is 2. The molecule has 0 spiro atoms. The number of ether oxygens (including phenoxy) is 2. The van der Waals surface area contributed by atoms with E-state index in [-0.39, 0.29) is 29.4 Å². The van der Waals surface area contributed by atoms with Crippen LogP contribution >= 0.6 is 11.3 Å². The Bertz CT molecular complexity index is 1870. The van der Waals surface area contributed by atoms with Crippen molar-refractivity contribution in [2.75, 3.05) is 6.61 Å². The van der Waals surface area contributed by atoms with E-state index in [2.05, 4.69) is 11.6 Å². The van der Waals surface area contributed by atoms with Crippen LogP contribution in [0, 0.1) is 10.1 Å². The number of nitro groups is 1. The monoisotopic (exact) mass is 571 g/mol. The summed E-state index contributed by atoms with van der Waals surface area (Å²) in [6.45, 7) is 5.20. The van der Waals surface area contributed by atoms with Gasteiger partial charge in [-0.2, -0.15) is 0 Å². The quantitative estimate of drug-likeness (QED) is 0.102. The Balaban J connectivity index is 1.57. The molecule has 206 valence electrons. The Morgan fingerprint density at radius 3 is 2.51 bits per heavy atom. The van der Waals surface area contributed by atoms with Crippen molar-refractivity contribution < 1.29 is 28.4 Å². The van der Waals surface area contributed by atoms with Gasteiger partial charge in [0.2, 0.25) is 5.76 Å². The number of carbonyl (C=O) groups excluding carboxylic acids is 2.